The van der Waals surface area contributed by atoms with Gasteiger partial charge in [-0.25, -0.2) is 0 Å². The molecule has 1 aliphatic rings. The molecule has 0 radical (unpaired) electrons. The fourth-order valence-corrected chi connectivity index (χ4v) is 1.31. The van der Waals surface area contributed by atoms with Gasteiger partial charge in [-0.05, 0) is 12.1 Å². The van der Waals surface area contributed by atoms with Crippen molar-refractivity contribution in [2.75, 3.05) is 5.01 Å². The molecule has 1 aromatic carbocycles. The van der Waals surface area contributed by atoms with E-state index in [0.717, 1.165) is 5.69 Å². The molecule has 1 aliphatic heterocycles. The molecule has 6 heteroatoms. The number of thiol groups is 1. The molecule has 0 bridgehead atoms. The van der Waals surface area contributed by atoms with Crippen molar-refractivity contribution in [3.05, 3.63) is 35.5 Å². The summed E-state index contributed by atoms with van der Waals surface area (Å²) in [5.41, 5.74) is 2.81. The minimum Gasteiger partial charge on any atom is -0.693 e. The van der Waals surface area contributed by atoms with Crippen molar-refractivity contribution in [2.24, 2.45) is 5.22 Å². The molecule has 0 aliphatic carbocycles. The third-order valence-corrected chi connectivity index (χ3v) is 2.14. The number of benzene rings is 1. The van der Waals surface area contributed by atoms with Crippen molar-refractivity contribution in [2.45, 2.75) is 5.50 Å². The molecule has 68 valence electrons. The van der Waals surface area contributed by atoms with E-state index in [2.05, 4.69) is 23.4 Å². The van der Waals surface area contributed by atoms with Crippen LogP contribution in [0.2, 0.25) is 0 Å². The van der Waals surface area contributed by atoms with E-state index in [-0.39, 0.29) is 0 Å². The maximum absolute atomic E-state index is 10.9. The lowest BCUT2D eigenvalue weighted by Gasteiger charge is -2.15. The van der Waals surface area contributed by atoms with Gasteiger partial charge in [0.15, 0.2) is 0 Å². The molecule has 0 fully saturated rings. The Hall–Kier alpha value is -1.43. The van der Waals surface area contributed by atoms with E-state index in [9.17, 15) is 5.21 Å². The molecule has 1 heterocycles. The number of hydrogen-bond donors (Lipinski definition) is 2. The number of anilines is 1. The van der Waals surface area contributed by atoms with Crippen LogP contribution in [-0.4, -0.2) is 10.4 Å². The third-order valence-electron chi connectivity index (χ3n) is 1.71. The van der Waals surface area contributed by atoms with Crippen LogP contribution in [0.3, 0.4) is 0 Å². The fourth-order valence-electron chi connectivity index (χ4n) is 1.07. The molecule has 5 nitrogen and oxygen atoms in total. The molecule has 0 saturated heterocycles. The molecule has 1 N–H and O–H groups in total. The first kappa shape index (κ1) is 8.18. The Kier molecular flexibility index (Phi) is 1.97. The first-order valence-corrected chi connectivity index (χ1v) is 4.26. The molecule has 13 heavy (non-hydrogen) atoms. The minimum atomic E-state index is -0.609. The third kappa shape index (κ3) is 1.40. The Bertz CT molecular complexity index is 329. The van der Waals surface area contributed by atoms with E-state index < -0.39 is 5.50 Å². The van der Waals surface area contributed by atoms with Crippen LogP contribution in [0.1, 0.15) is 0 Å². The smallest absolute Gasteiger partial charge is 0.274 e. The Morgan fingerprint density at radius 1 is 1.46 bits per heavy atom. The van der Waals surface area contributed by atoms with Gasteiger partial charge in [-0.3, -0.25) is 0 Å². The minimum absolute atomic E-state index is 0.496. The highest BCUT2D eigenvalue weighted by atomic mass is 32.1. The maximum Gasteiger partial charge on any atom is 0.274 e. The second kappa shape index (κ2) is 3.14. The predicted molar refractivity (Wildman–Crippen MR) is 50.9 cm³/mol. The number of hydrogen-bond acceptors (Lipinski definition) is 5. The Morgan fingerprint density at radius 3 is 2.69 bits per heavy atom. The van der Waals surface area contributed by atoms with Crippen LogP contribution < -0.4 is 10.5 Å². The standard InChI is InChI=1S/C7H8N4OS/c12-11-7(13)10(8-9-11)6-4-2-1-3-5-6/h1-5,7-8,13H. The highest BCUT2D eigenvalue weighted by Gasteiger charge is 2.28. The summed E-state index contributed by atoms with van der Waals surface area (Å²) in [6.07, 6.45) is 0. The summed E-state index contributed by atoms with van der Waals surface area (Å²) in [5.74, 6) is 0. The number of nitrogens with one attached hydrogen (secondary N) is 1. The molecular formula is C7H8N4OS. The molecule has 0 amide bonds. The summed E-state index contributed by atoms with van der Waals surface area (Å²) >= 11 is 4.08. The first-order chi connectivity index (χ1) is 6.29. The van der Waals surface area contributed by atoms with Gasteiger partial charge in [-0.1, -0.05) is 23.7 Å². The van der Waals surface area contributed by atoms with Crippen LogP contribution in [0.25, 0.3) is 0 Å². The van der Waals surface area contributed by atoms with Gasteiger partial charge in [0.1, 0.15) is 5.22 Å². The van der Waals surface area contributed by atoms with E-state index in [4.69, 9.17) is 0 Å². The zero-order valence-electron chi connectivity index (χ0n) is 6.66. The number of rotatable bonds is 1. The monoisotopic (exact) mass is 196 g/mol. The second-order valence-electron chi connectivity index (χ2n) is 2.55. The van der Waals surface area contributed by atoms with Crippen LogP contribution in [0.5, 0.6) is 0 Å². The van der Waals surface area contributed by atoms with Crippen LogP contribution in [0.15, 0.2) is 35.6 Å². The Morgan fingerprint density at radius 2 is 2.15 bits per heavy atom. The van der Waals surface area contributed by atoms with E-state index in [1.54, 1.807) is 5.01 Å². The quantitative estimate of drug-likeness (QED) is 0.402. The number of hydrazine groups is 1. The number of hydroxylamine groups is 1. The lowest BCUT2D eigenvalue weighted by atomic mass is 10.3. The normalized spacial score (nSPS) is 21.2. The van der Waals surface area contributed by atoms with Crippen molar-refractivity contribution in [1.82, 2.24) is 5.53 Å². The summed E-state index contributed by atoms with van der Waals surface area (Å²) in [6.45, 7) is 0. The van der Waals surface area contributed by atoms with Gasteiger partial charge >= 0.3 is 0 Å². The highest BCUT2D eigenvalue weighted by Crippen LogP contribution is 2.19. The van der Waals surface area contributed by atoms with E-state index >= 15 is 0 Å². The average molecular weight is 196 g/mol. The topological polar surface area (TPSA) is 53.7 Å². The summed E-state index contributed by atoms with van der Waals surface area (Å²) in [6, 6.07) is 9.39. The first-order valence-electron chi connectivity index (χ1n) is 3.74. The molecule has 0 aromatic heterocycles. The lowest BCUT2D eigenvalue weighted by Crippen LogP contribution is -2.37. The zero-order valence-corrected chi connectivity index (χ0v) is 7.56. The van der Waals surface area contributed by atoms with Gasteiger partial charge in [0.2, 0.25) is 0 Å². The van der Waals surface area contributed by atoms with Gasteiger partial charge in [-0.2, -0.15) is 0 Å². The van der Waals surface area contributed by atoms with E-state index in [1.807, 2.05) is 30.3 Å². The van der Waals surface area contributed by atoms with Crippen LogP contribution >= 0.6 is 12.6 Å². The molecule has 1 aromatic rings. The van der Waals surface area contributed by atoms with Gasteiger partial charge in [0.05, 0.1) is 5.69 Å². The van der Waals surface area contributed by atoms with Gasteiger partial charge < -0.3 is 5.21 Å². The second-order valence-corrected chi connectivity index (χ2v) is 3.02. The van der Waals surface area contributed by atoms with E-state index in [1.165, 1.54) is 0 Å². The average Bonchev–Trinajstić information content (AvgIpc) is 2.49. The highest BCUT2D eigenvalue weighted by molar-refractivity contribution is 7.80. The molecule has 0 saturated carbocycles. The van der Waals surface area contributed by atoms with Crippen LogP contribution in [0.4, 0.5) is 5.69 Å². The van der Waals surface area contributed by atoms with E-state index in [0.29, 0.717) is 4.86 Å². The molecule has 2 rings (SSSR count). The van der Waals surface area contributed by atoms with Gasteiger partial charge in [0.25, 0.3) is 5.50 Å². The maximum atomic E-state index is 10.9. The SMILES string of the molecule is [O-][N+]1=NNN(c2ccccc2)C1S. The van der Waals surface area contributed by atoms with Crippen molar-refractivity contribution in [3.8, 4) is 0 Å². The Labute approximate surface area is 80.6 Å². The summed E-state index contributed by atoms with van der Waals surface area (Å²) < 4.78 is 0. The molecular weight excluding hydrogens is 188 g/mol. The summed E-state index contributed by atoms with van der Waals surface area (Å²) in [5, 5.41) is 15.9. The molecule has 1 unspecified atom stereocenters. The predicted octanol–water partition coefficient (Wildman–Crippen LogP) is 1.10. The van der Waals surface area contributed by atoms with Crippen LogP contribution in [-0.2, 0) is 0 Å². The van der Waals surface area contributed by atoms with Gasteiger partial charge in [0, 0.05) is 0 Å². The summed E-state index contributed by atoms with van der Waals surface area (Å²) in [7, 11) is 0. The summed E-state index contributed by atoms with van der Waals surface area (Å²) in [4.78, 5) is 0.496. The van der Waals surface area contributed by atoms with Crippen LogP contribution in [0, 0.1) is 5.21 Å². The molecule has 1 atom stereocenters. The lowest BCUT2D eigenvalue weighted by molar-refractivity contribution is -0.528. The number of para-hydroxylation sites is 1. The Balaban J connectivity index is 2.22. The fraction of sp³-hybridized carbons (Fsp3) is 0.143. The van der Waals surface area contributed by atoms with Crippen molar-refractivity contribution in [1.29, 1.82) is 0 Å². The van der Waals surface area contributed by atoms with Crippen molar-refractivity contribution in [3.63, 3.8) is 0 Å². The zero-order chi connectivity index (χ0) is 9.26. The molecule has 0 spiro atoms. The van der Waals surface area contributed by atoms with Crippen molar-refractivity contribution < 1.29 is 4.86 Å². The van der Waals surface area contributed by atoms with Crippen molar-refractivity contribution >= 4 is 18.3 Å². The van der Waals surface area contributed by atoms with Gasteiger partial charge in [-0.15, -0.1) is 22.5 Å². The largest absolute Gasteiger partial charge is 0.693 e. The number of nitrogens with zero attached hydrogens (tertiary/aromatic N) is 3.